The molecule has 1 spiro atoms. The molecule has 5 atom stereocenters. The minimum absolute atomic E-state index is 0.000786. The molecule has 2 aliphatic heterocycles. The quantitative estimate of drug-likeness (QED) is 0.249. The van der Waals surface area contributed by atoms with Gasteiger partial charge < -0.3 is 34.8 Å². The fraction of sp³-hybridized carbons (Fsp3) is 0.621. The smallest absolute Gasteiger partial charge is 0.504 e. The van der Waals surface area contributed by atoms with Gasteiger partial charge in [0.25, 0.3) is 0 Å². The largest absolute Gasteiger partial charge is 0.513 e. The molecule has 40 heavy (non-hydrogen) atoms. The van der Waals surface area contributed by atoms with Crippen LogP contribution in [0.15, 0.2) is 24.0 Å². The Hall–Kier alpha value is -3.31. The highest BCUT2D eigenvalue weighted by atomic mass is 16.7. The Morgan fingerprint density at radius 3 is 2.83 bits per heavy atom. The number of carboxylic acid groups (broad SMARTS) is 1. The number of carbonyl (C=O) groups is 3. The van der Waals surface area contributed by atoms with Gasteiger partial charge in [-0.15, -0.1) is 0 Å². The van der Waals surface area contributed by atoms with Crippen molar-refractivity contribution in [2.45, 2.75) is 75.0 Å². The predicted octanol–water partition coefficient (Wildman–Crippen LogP) is 2.22. The normalized spacial score (nSPS) is 30.4. The first kappa shape index (κ1) is 26.9. The highest BCUT2D eigenvalue weighted by molar-refractivity contribution is 5.77. The Morgan fingerprint density at radius 1 is 1.27 bits per heavy atom. The molecule has 4 N–H and O–H groups in total. The molecule has 6 rings (SSSR count). The topological polar surface area (TPSA) is 155 Å². The van der Waals surface area contributed by atoms with Gasteiger partial charge in [-0.05, 0) is 62.3 Å². The molecular weight excluding hydrogens is 520 g/mol. The number of hydrogen-bond acceptors (Lipinski definition) is 9. The van der Waals surface area contributed by atoms with E-state index in [1.165, 1.54) is 19.8 Å². The maximum Gasteiger partial charge on any atom is 0.513 e. The number of likely N-dealkylation sites (tertiary alicyclic amines) is 1. The van der Waals surface area contributed by atoms with E-state index < -0.39 is 35.2 Å². The van der Waals surface area contributed by atoms with Crippen molar-refractivity contribution >= 4 is 18.0 Å². The highest BCUT2D eigenvalue weighted by Gasteiger charge is 2.72. The van der Waals surface area contributed by atoms with E-state index in [0.717, 1.165) is 24.2 Å². The summed E-state index contributed by atoms with van der Waals surface area (Å²) in [7, 11) is 0. The van der Waals surface area contributed by atoms with Gasteiger partial charge in [0.2, 0.25) is 5.91 Å². The highest BCUT2D eigenvalue weighted by Crippen LogP contribution is 2.65. The van der Waals surface area contributed by atoms with Crippen LogP contribution in [0.3, 0.4) is 0 Å². The van der Waals surface area contributed by atoms with Gasteiger partial charge in [-0.25, -0.2) is 4.79 Å². The van der Waals surface area contributed by atoms with Crippen molar-refractivity contribution in [3.8, 4) is 11.5 Å². The number of rotatable bonds is 10. The van der Waals surface area contributed by atoms with Gasteiger partial charge in [0.05, 0.1) is 23.5 Å². The van der Waals surface area contributed by atoms with Crippen LogP contribution in [-0.4, -0.2) is 82.2 Å². The Labute approximate surface area is 232 Å². The second kappa shape index (κ2) is 9.95. The van der Waals surface area contributed by atoms with Gasteiger partial charge in [-0.2, -0.15) is 0 Å². The average Bonchev–Trinajstić information content (AvgIpc) is 3.66. The third-order valence-corrected chi connectivity index (χ3v) is 9.46. The molecule has 5 aliphatic rings. The number of hydrogen-bond donors (Lipinski definition) is 4. The zero-order chi connectivity index (χ0) is 28.2. The van der Waals surface area contributed by atoms with Gasteiger partial charge in [0.15, 0.2) is 17.6 Å². The summed E-state index contributed by atoms with van der Waals surface area (Å²) in [4.78, 5) is 37.9. The van der Waals surface area contributed by atoms with E-state index in [4.69, 9.17) is 19.3 Å². The number of phenolic OH excluding ortho intramolecular Hbond substituents is 1. The molecule has 1 aromatic carbocycles. The number of phenols is 1. The summed E-state index contributed by atoms with van der Waals surface area (Å²) < 4.78 is 17.1. The molecule has 1 saturated heterocycles. The lowest BCUT2D eigenvalue weighted by Gasteiger charge is -2.62. The first-order chi connectivity index (χ1) is 19.1. The maximum atomic E-state index is 12.6. The van der Waals surface area contributed by atoms with E-state index in [9.17, 15) is 24.6 Å². The number of aliphatic hydroxyl groups is 1. The molecule has 0 radical (unpaired) electrons. The SMILES string of the molecule is CC(CCC(=O)NCCOC(=O)OC1=CC[C@@]2(O)[C@H]3Cc4ccc(O)c5c4[C@@]2(CCN3CC2CC2)[C@H]1O5)C(=O)O. The molecule has 2 bridgehead atoms. The van der Waals surface area contributed by atoms with Crippen molar-refractivity contribution < 1.29 is 43.9 Å². The van der Waals surface area contributed by atoms with Crippen LogP contribution >= 0.6 is 0 Å². The van der Waals surface area contributed by atoms with Crippen LogP contribution in [0.1, 0.15) is 56.6 Å². The average molecular weight is 557 g/mol. The van der Waals surface area contributed by atoms with Crippen molar-refractivity contribution in [3.05, 3.63) is 35.1 Å². The molecule has 1 amide bonds. The van der Waals surface area contributed by atoms with Crippen LogP contribution in [0.25, 0.3) is 0 Å². The Kier molecular flexibility index (Phi) is 6.69. The molecule has 2 fully saturated rings. The zero-order valence-electron chi connectivity index (χ0n) is 22.6. The number of aliphatic carboxylic acids is 1. The van der Waals surface area contributed by atoms with Crippen molar-refractivity contribution in [1.82, 2.24) is 10.2 Å². The van der Waals surface area contributed by atoms with Gasteiger partial charge >= 0.3 is 12.1 Å². The number of aromatic hydroxyl groups is 1. The molecule has 2 heterocycles. The summed E-state index contributed by atoms with van der Waals surface area (Å²) in [5.41, 5.74) is -0.131. The number of amides is 1. The monoisotopic (exact) mass is 556 g/mol. The lowest BCUT2D eigenvalue weighted by atomic mass is 9.50. The summed E-state index contributed by atoms with van der Waals surface area (Å²) in [6.45, 7) is 3.20. The molecule has 1 unspecified atom stereocenters. The molecule has 216 valence electrons. The van der Waals surface area contributed by atoms with E-state index in [-0.39, 0.29) is 55.9 Å². The van der Waals surface area contributed by atoms with Gasteiger partial charge in [-0.1, -0.05) is 13.0 Å². The number of ether oxygens (including phenoxy) is 3. The summed E-state index contributed by atoms with van der Waals surface area (Å²) in [5.74, 6) is -0.632. The summed E-state index contributed by atoms with van der Waals surface area (Å²) in [6.07, 6.45) is 4.22. The van der Waals surface area contributed by atoms with Crippen molar-refractivity contribution in [1.29, 1.82) is 0 Å². The number of nitrogens with one attached hydrogen (secondary N) is 1. The lowest BCUT2D eigenvalue weighted by molar-refractivity contribution is -0.169. The molecule has 3 aliphatic carbocycles. The van der Waals surface area contributed by atoms with E-state index in [0.29, 0.717) is 24.5 Å². The number of benzene rings is 1. The van der Waals surface area contributed by atoms with E-state index in [1.807, 2.05) is 6.07 Å². The van der Waals surface area contributed by atoms with Crippen LogP contribution in [0.4, 0.5) is 4.79 Å². The van der Waals surface area contributed by atoms with Gasteiger partial charge in [-0.3, -0.25) is 14.5 Å². The second-order valence-corrected chi connectivity index (χ2v) is 11.9. The minimum Gasteiger partial charge on any atom is -0.504 e. The maximum absolute atomic E-state index is 12.6. The fourth-order valence-electron chi connectivity index (χ4n) is 7.18. The van der Waals surface area contributed by atoms with Crippen molar-refractivity contribution in [3.63, 3.8) is 0 Å². The number of carbonyl (C=O) groups excluding carboxylic acids is 2. The fourth-order valence-corrected chi connectivity index (χ4v) is 7.18. The van der Waals surface area contributed by atoms with Crippen molar-refractivity contribution in [2.75, 3.05) is 26.2 Å². The molecule has 0 aromatic heterocycles. The minimum atomic E-state index is -1.14. The summed E-state index contributed by atoms with van der Waals surface area (Å²) in [6, 6.07) is 3.43. The second-order valence-electron chi connectivity index (χ2n) is 11.9. The van der Waals surface area contributed by atoms with Crippen LogP contribution in [0, 0.1) is 11.8 Å². The number of nitrogens with zero attached hydrogens (tertiary/aromatic N) is 1. The Bertz CT molecular complexity index is 1260. The molecular formula is C29H36N2O9. The number of piperidine rings is 1. The standard InChI is InChI=1S/C29H36N2O9/c1-16(26(34)35)2-7-22(33)30-11-13-38-27(36)39-20-8-9-29(37)21-14-18-5-6-19(32)24-23(18)28(29,25(20)40-24)10-12-31(21)15-17-3-4-17/h5-6,8,16-17,21,25,32,37H,2-4,7,9-15H2,1H3,(H,30,33)(H,34,35)/t16?,21-,25+,28+,29-/m1/s1. The Morgan fingerprint density at radius 2 is 2.08 bits per heavy atom. The van der Waals surface area contributed by atoms with Gasteiger partial charge in [0, 0.05) is 31.0 Å². The van der Waals surface area contributed by atoms with Crippen LogP contribution < -0.4 is 10.1 Å². The third-order valence-electron chi connectivity index (χ3n) is 9.46. The molecule has 1 saturated carbocycles. The zero-order valence-corrected chi connectivity index (χ0v) is 22.6. The third kappa shape index (κ3) is 4.30. The first-order valence-corrected chi connectivity index (χ1v) is 14.2. The molecule has 11 heteroatoms. The molecule has 11 nitrogen and oxygen atoms in total. The van der Waals surface area contributed by atoms with Crippen LogP contribution in [0.5, 0.6) is 11.5 Å². The van der Waals surface area contributed by atoms with Crippen LogP contribution in [0.2, 0.25) is 0 Å². The Balaban J connectivity index is 1.14. The number of carboxylic acids is 1. The van der Waals surface area contributed by atoms with Gasteiger partial charge in [0.1, 0.15) is 12.4 Å². The van der Waals surface area contributed by atoms with E-state index in [1.54, 1.807) is 12.1 Å². The van der Waals surface area contributed by atoms with Crippen LogP contribution in [-0.2, 0) is 30.9 Å². The van der Waals surface area contributed by atoms with Crippen molar-refractivity contribution in [2.24, 2.45) is 11.8 Å². The summed E-state index contributed by atoms with van der Waals surface area (Å²) >= 11 is 0. The molecule has 1 aromatic rings. The van der Waals surface area contributed by atoms with E-state index >= 15 is 0 Å². The lowest BCUT2D eigenvalue weighted by Crippen LogP contribution is -2.75. The predicted molar refractivity (Wildman–Crippen MR) is 140 cm³/mol. The van der Waals surface area contributed by atoms with E-state index in [2.05, 4.69) is 10.2 Å². The first-order valence-electron chi connectivity index (χ1n) is 14.2. The summed E-state index contributed by atoms with van der Waals surface area (Å²) in [5, 5.41) is 34.6.